The number of pyridine rings is 1. The van der Waals surface area contributed by atoms with E-state index in [4.69, 9.17) is 9.26 Å². The number of carbonyl (C=O) groups excluding carboxylic acids is 1. The number of aromatic nitrogens is 3. The van der Waals surface area contributed by atoms with Gasteiger partial charge >= 0.3 is 0 Å². The first kappa shape index (κ1) is 15.6. The van der Waals surface area contributed by atoms with E-state index >= 15 is 0 Å². The SMILES string of the molecule is CN(Cc1nc(-c2cccnc2)no1)C(=O)C1(C)CCCCO1. The quantitative estimate of drug-likeness (QED) is 0.858. The molecule has 1 fully saturated rings. The van der Waals surface area contributed by atoms with E-state index in [-0.39, 0.29) is 12.5 Å². The molecule has 1 aliphatic rings. The van der Waals surface area contributed by atoms with Crippen LogP contribution in [0.25, 0.3) is 11.4 Å². The number of carbonyl (C=O) groups is 1. The van der Waals surface area contributed by atoms with Gasteiger partial charge in [0.25, 0.3) is 5.91 Å². The Bertz CT molecular complexity index is 665. The van der Waals surface area contributed by atoms with Crippen molar-refractivity contribution in [2.45, 2.75) is 38.3 Å². The first-order valence-corrected chi connectivity index (χ1v) is 7.71. The molecule has 3 rings (SSSR count). The van der Waals surface area contributed by atoms with Crippen molar-refractivity contribution < 1.29 is 14.1 Å². The lowest BCUT2D eigenvalue weighted by Gasteiger charge is -2.35. The van der Waals surface area contributed by atoms with E-state index in [1.165, 1.54) is 0 Å². The van der Waals surface area contributed by atoms with Crippen LogP contribution in [0.5, 0.6) is 0 Å². The Kier molecular flexibility index (Phi) is 4.38. The first-order valence-electron chi connectivity index (χ1n) is 7.71. The maximum atomic E-state index is 12.6. The van der Waals surface area contributed by atoms with Crippen LogP contribution < -0.4 is 0 Å². The van der Waals surface area contributed by atoms with Crippen LogP contribution in [0.3, 0.4) is 0 Å². The van der Waals surface area contributed by atoms with E-state index in [9.17, 15) is 4.79 Å². The summed E-state index contributed by atoms with van der Waals surface area (Å²) in [6, 6.07) is 3.66. The molecule has 2 aromatic heterocycles. The summed E-state index contributed by atoms with van der Waals surface area (Å²) in [5.74, 6) is 0.798. The zero-order valence-corrected chi connectivity index (χ0v) is 13.4. The van der Waals surface area contributed by atoms with Gasteiger partial charge in [-0.15, -0.1) is 0 Å². The molecule has 0 aromatic carbocycles. The molecule has 0 radical (unpaired) electrons. The standard InChI is InChI=1S/C16H20N4O3/c1-16(7-3-4-9-22-16)15(21)20(2)11-13-18-14(19-23-13)12-6-5-8-17-10-12/h5-6,8,10H,3-4,7,9,11H2,1-2H3. The summed E-state index contributed by atoms with van der Waals surface area (Å²) in [5, 5.41) is 3.93. The van der Waals surface area contributed by atoms with Gasteiger partial charge in [0.2, 0.25) is 11.7 Å². The van der Waals surface area contributed by atoms with Crippen molar-refractivity contribution in [3.05, 3.63) is 30.4 Å². The molecule has 1 atom stereocenters. The topological polar surface area (TPSA) is 81.4 Å². The predicted molar refractivity (Wildman–Crippen MR) is 82.2 cm³/mol. The second kappa shape index (κ2) is 6.45. The molecular weight excluding hydrogens is 296 g/mol. The molecule has 7 heteroatoms. The molecule has 0 spiro atoms. The molecule has 0 saturated carbocycles. The molecule has 3 heterocycles. The van der Waals surface area contributed by atoms with Gasteiger partial charge in [0.15, 0.2) is 0 Å². The van der Waals surface area contributed by atoms with Crippen molar-refractivity contribution in [1.29, 1.82) is 0 Å². The lowest BCUT2D eigenvalue weighted by atomic mass is 9.94. The van der Waals surface area contributed by atoms with Crippen LogP contribution in [0.4, 0.5) is 0 Å². The van der Waals surface area contributed by atoms with Gasteiger partial charge in [-0.3, -0.25) is 9.78 Å². The zero-order chi connectivity index (χ0) is 16.3. The second-order valence-electron chi connectivity index (χ2n) is 5.95. The molecule has 0 N–H and O–H groups in total. The van der Waals surface area contributed by atoms with Gasteiger partial charge < -0.3 is 14.2 Å². The molecule has 7 nitrogen and oxygen atoms in total. The lowest BCUT2D eigenvalue weighted by molar-refractivity contribution is -0.161. The third kappa shape index (κ3) is 3.39. The zero-order valence-electron chi connectivity index (χ0n) is 13.4. The van der Waals surface area contributed by atoms with Crippen molar-refractivity contribution in [2.75, 3.05) is 13.7 Å². The Morgan fingerprint density at radius 1 is 1.43 bits per heavy atom. The highest BCUT2D eigenvalue weighted by molar-refractivity contribution is 5.84. The fourth-order valence-corrected chi connectivity index (χ4v) is 2.71. The van der Waals surface area contributed by atoms with Gasteiger partial charge in [0.1, 0.15) is 5.60 Å². The normalized spacial score (nSPS) is 21.1. The molecule has 1 amide bonds. The molecule has 1 unspecified atom stereocenters. The van der Waals surface area contributed by atoms with Crippen molar-refractivity contribution in [2.24, 2.45) is 0 Å². The minimum absolute atomic E-state index is 0.0571. The Labute approximate surface area is 134 Å². The monoisotopic (exact) mass is 316 g/mol. The van der Waals surface area contributed by atoms with Gasteiger partial charge in [-0.2, -0.15) is 4.98 Å². The van der Waals surface area contributed by atoms with E-state index in [0.29, 0.717) is 18.3 Å². The Hall–Kier alpha value is -2.28. The third-order valence-corrected chi connectivity index (χ3v) is 4.03. The minimum Gasteiger partial charge on any atom is -0.365 e. The number of rotatable bonds is 4. The van der Waals surface area contributed by atoms with Crippen molar-refractivity contribution in [3.63, 3.8) is 0 Å². The summed E-state index contributed by atoms with van der Waals surface area (Å²) < 4.78 is 10.9. The number of hydrogen-bond donors (Lipinski definition) is 0. The molecule has 0 aliphatic carbocycles. The molecule has 1 saturated heterocycles. The molecule has 122 valence electrons. The van der Waals surface area contributed by atoms with Gasteiger partial charge in [-0.1, -0.05) is 5.16 Å². The fraction of sp³-hybridized carbons (Fsp3) is 0.500. The smallest absolute Gasteiger partial charge is 0.254 e. The third-order valence-electron chi connectivity index (χ3n) is 4.03. The number of likely N-dealkylation sites (N-methyl/N-ethyl adjacent to an activating group) is 1. The lowest BCUT2D eigenvalue weighted by Crippen LogP contribution is -2.48. The summed E-state index contributed by atoms with van der Waals surface area (Å²) in [5.41, 5.74) is 0.0261. The largest absolute Gasteiger partial charge is 0.365 e. The predicted octanol–water partition coefficient (Wildman–Crippen LogP) is 2.05. The number of amides is 1. The van der Waals surface area contributed by atoms with Crippen molar-refractivity contribution >= 4 is 5.91 Å². The van der Waals surface area contributed by atoms with Crippen LogP contribution in [0.15, 0.2) is 29.0 Å². The highest BCUT2D eigenvalue weighted by Gasteiger charge is 2.38. The van der Waals surface area contributed by atoms with E-state index in [2.05, 4.69) is 15.1 Å². The molecule has 1 aliphatic heterocycles. The summed E-state index contributed by atoms with van der Waals surface area (Å²) in [6.07, 6.45) is 6.09. The van der Waals surface area contributed by atoms with Crippen LogP contribution in [-0.2, 0) is 16.1 Å². The van der Waals surface area contributed by atoms with Crippen LogP contribution >= 0.6 is 0 Å². The molecular formula is C16H20N4O3. The van der Waals surface area contributed by atoms with E-state index < -0.39 is 5.60 Å². The summed E-state index contributed by atoms with van der Waals surface area (Å²) in [7, 11) is 1.72. The summed E-state index contributed by atoms with van der Waals surface area (Å²) in [4.78, 5) is 22.5. The first-order chi connectivity index (χ1) is 11.1. The average molecular weight is 316 g/mol. The molecule has 2 aromatic rings. The van der Waals surface area contributed by atoms with Crippen LogP contribution in [0.1, 0.15) is 32.1 Å². The highest BCUT2D eigenvalue weighted by Crippen LogP contribution is 2.26. The maximum absolute atomic E-state index is 12.6. The summed E-state index contributed by atoms with van der Waals surface area (Å²) >= 11 is 0. The Morgan fingerprint density at radius 3 is 3.00 bits per heavy atom. The van der Waals surface area contributed by atoms with Gasteiger partial charge in [0, 0.05) is 31.6 Å². The fourth-order valence-electron chi connectivity index (χ4n) is 2.71. The average Bonchev–Trinajstić information content (AvgIpc) is 3.04. The Morgan fingerprint density at radius 2 is 2.30 bits per heavy atom. The number of nitrogens with zero attached hydrogens (tertiary/aromatic N) is 4. The van der Waals surface area contributed by atoms with Gasteiger partial charge in [0.05, 0.1) is 6.54 Å². The van der Waals surface area contributed by atoms with Crippen LogP contribution in [0.2, 0.25) is 0 Å². The minimum atomic E-state index is -0.751. The van der Waals surface area contributed by atoms with E-state index in [1.54, 1.807) is 24.3 Å². The molecule has 0 bridgehead atoms. The van der Waals surface area contributed by atoms with Crippen LogP contribution in [0, 0.1) is 0 Å². The summed E-state index contributed by atoms with van der Waals surface area (Å²) in [6.45, 7) is 2.73. The number of ether oxygens (including phenoxy) is 1. The van der Waals surface area contributed by atoms with Crippen molar-refractivity contribution in [1.82, 2.24) is 20.0 Å². The highest BCUT2D eigenvalue weighted by atomic mass is 16.5. The van der Waals surface area contributed by atoms with Gasteiger partial charge in [-0.05, 0) is 38.3 Å². The van der Waals surface area contributed by atoms with Crippen LogP contribution in [-0.4, -0.2) is 45.2 Å². The van der Waals surface area contributed by atoms with E-state index in [1.807, 2.05) is 19.1 Å². The Balaban J connectivity index is 1.67. The molecule has 23 heavy (non-hydrogen) atoms. The van der Waals surface area contributed by atoms with Crippen molar-refractivity contribution in [3.8, 4) is 11.4 Å². The van der Waals surface area contributed by atoms with E-state index in [0.717, 1.165) is 24.8 Å². The number of hydrogen-bond acceptors (Lipinski definition) is 6. The second-order valence-corrected chi connectivity index (χ2v) is 5.95. The maximum Gasteiger partial charge on any atom is 0.254 e. The van der Waals surface area contributed by atoms with Gasteiger partial charge in [-0.25, -0.2) is 0 Å².